The molecule has 0 heterocycles. The number of carbonyl (C=O) groups is 1. The number of Topliss-reactive ketones (excluding diaryl/α,β-unsaturated/α-hetero) is 1. The highest BCUT2D eigenvalue weighted by Gasteiger charge is 2.30. The van der Waals surface area contributed by atoms with Gasteiger partial charge >= 0.3 is 0 Å². The first-order chi connectivity index (χ1) is 26.9. The van der Waals surface area contributed by atoms with E-state index in [9.17, 15) is 13.2 Å². The number of halogens is 1. The number of nitrogens with one attached hydrogen (secondary N) is 1. The number of unbranched alkanes of at least 4 members (excludes halogenated alkanes) is 1. The van der Waals surface area contributed by atoms with Gasteiger partial charge in [-0.1, -0.05) is 132 Å². The number of rotatable bonds is 14. The average molecular weight is 798 g/mol. The molecular weight excluding hydrogens is 738 g/mol. The Labute approximate surface area is 339 Å². The minimum absolute atomic E-state index is 0.0466. The molecule has 6 rings (SSSR count). The van der Waals surface area contributed by atoms with Crippen LogP contribution in [0.4, 0.5) is 22.7 Å². The smallest absolute Gasteiger partial charge is 0.264 e. The Kier molecular flexibility index (Phi) is 19.2. The van der Waals surface area contributed by atoms with Gasteiger partial charge < -0.3 is 5.32 Å². The zero-order valence-corrected chi connectivity index (χ0v) is 35.0. The Morgan fingerprint density at radius 3 is 1.95 bits per heavy atom. The van der Waals surface area contributed by atoms with E-state index >= 15 is 0 Å². The van der Waals surface area contributed by atoms with Gasteiger partial charge in [0.05, 0.1) is 5.75 Å². The fourth-order valence-corrected chi connectivity index (χ4v) is 7.12. The lowest BCUT2D eigenvalue weighted by atomic mass is 9.73. The van der Waals surface area contributed by atoms with Gasteiger partial charge in [0, 0.05) is 28.9 Å². The van der Waals surface area contributed by atoms with E-state index in [0.29, 0.717) is 12.8 Å². The largest absolute Gasteiger partial charge is 0.356 e. The van der Waals surface area contributed by atoms with Crippen LogP contribution >= 0.6 is 11.8 Å². The topological polar surface area (TPSA) is 126 Å². The van der Waals surface area contributed by atoms with Crippen LogP contribution < -0.4 is 15.9 Å². The quantitative estimate of drug-likeness (QED) is 0.0494. The summed E-state index contributed by atoms with van der Waals surface area (Å²) < 4.78 is 28.9. The molecule has 0 bridgehead atoms. The van der Waals surface area contributed by atoms with Gasteiger partial charge in [-0.25, -0.2) is 5.25 Å². The monoisotopic (exact) mass is 796 g/mol. The van der Waals surface area contributed by atoms with Crippen LogP contribution in [0.5, 0.6) is 0 Å². The normalized spacial score (nSPS) is 12.4. The second-order valence-electron chi connectivity index (χ2n) is 14.3. The highest BCUT2D eigenvalue weighted by atomic mass is 35.5. The lowest BCUT2D eigenvalue weighted by molar-refractivity contribution is -0.479. The second-order valence-corrected chi connectivity index (χ2v) is 15.9. The summed E-state index contributed by atoms with van der Waals surface area (Å²) in [5, 5.41) is 15.0. The molecule has 0 saturated carbocycles. The Bertz CT molecular complexity index is 2180. The number of benzene rings is 6. The number of para-hydroxylation sites is 2. The van der Waals surface area contributed by atoms with Gasteiger partial charge in [0.1, 0.15) is 17.2 Å². The summed E-state index contributed by atoms with van der Waals surface area (Å²) in [5.41, 5.74) is 6.60. The van der Waals surface area contributed by atoms with Crippen LogP contribution in [0.3, 0.4) is 0 Å². The first kappa shape index (κ1) is 45.8. The van der Waals surface area contributed by atoms with E-state index < -0.39 is 10.1 Å². The third-order valence-corrected chi connectivity index (χ3v) is 10.9. The van der Waals surface area contributed by atoms with Gasteiger partial charge in [-0.15, -0.1) is 0 Å². The van der Waals surface area contributed by atoms with Crippen molar-refractivity contribution in [2.45, 2.75) is 78.6 Å². The summed E-state index contributed by atoms with van der Waals surface area (Å²) in [6.45, 7) is 10.3. The van der Waals surface area contributed by atoms with Crippen LogP contribution in [0.1, 0.15) is 78.7 Å². The maximum absolute atomic E-state index is 10.7. The van der Waals surface area contributed by atoms with Crippen LogP contribution in [0.2, 0.25) is 0 Å². The number of nitrogens with two attached hydrogens (primary N) is 2. The van der Waals surface area contributed by atoms with Crippen molar-refractivity contribution in [1.82, 2.24) is 0 Å². The van der Waals surface area contributed by atoms with E-state index in [1.54, 1.807) is 6.92 Å². The number of hydrogen-bond donors (Lipinski definition) is 4. The molecule has 2 atom stereocenters. The fraction of sp³-hybridized carbons (Fsp3) is 0.298. The van der Waals surface area contributed by atoms with Crippen LogP contribution in [-0.2, 0) is 20.3 Å². The van der Waals surface area contributed by atoms with Crippen LogP contribution in [-0.4, -0.2) is 24.5 Å². The molecule has 0 aliphatic carbocycles. The van der Waals surface area contributed by atoms with E-state index in [1.807, 2.05) is 18.2 Å². The standard InChI is InChI=1S/C24H29N.C16H13N.C7H14O4S.ClH2N/c1-4-6-18-24(3,5-2)23-21-15-11-10-12-19(21)16-17-22(23)25-20-13-8-7-9-14-20;1-2-8-15(9-3-1)17-16-11-10-13-6-4-5-7-14(13)12-16;1-6(7(2)8)4-3-5-12(9,10)11;1-2/h7-17,25H,4-6,18H2,1-3H3;1-12,17H;6H,3-5H2,1-2H3,(H,9,10,11);2H2/p+1. The second kappa shape index (κ2) is 23.5. The van der Waals surface area contributed by atoms with E-state index in [2.05, 4.69) is 170 Å². The van der Waals surface area contributed by atoms with Crippen LogP contribution in [0, 0.1) is 5.92 Å². The molecule has 2 unspecified atom stereocenters. The number of hydrogen-bond acceptors (Lipinski definition) is 5. The lowest BCUT2D eigenvalue weighted by Gasteiger charge is -2.31. The highest BCUT2D eigenvalue weighted by molar-refractivity contribution is 7.85. The molecular formula is C47H59ClN3O4S+. The number of carbonyl (C=O) groups excluding carboxylic acids is 1. The van der Waals surface area contributed by atoms with Crippen LogP contribution in [0.25, 0.3) is 21.5 Å². The Morgan fingerprint density at radius 2 is 1.34 bits per heavy atom. The molecule has 0 fully saturated rings. The van der Waals surface area contributed by atoms with Gasteiger partial charge in [-0.3, -0.25) is 14.7 Å². The Balaban J connectivity index is 0.000000236. The fourth-order valence-electron chi connectivity index (χ4n) is 6.59. The minimum atomic E-state index is -3.86. The summed E-state index contributed by atoms with van der Waals surface area (Å²) in [4.78, 5) is 10.7. The maximum Gasteiger partial charge on any atom is 0.264 e. The number of fused-ring (bicyclic) bond motifs is 2. The van der Waals surface area contributed by atoms with Crippen molar-refractivity contribution in [1.29, 1.82) is 0 Å². The average Bonchev–Trinajstić information content (AvgIpc) is 3.21. The molecule has 0 aliphatic rings. The van der Waals surface area contributed by atoms with E-state index in [0.717, 1.165) is 17.8 Å². The van der Waals surface area contributed by atoms with Crippen molar-refractivity contribution in [3.63, 3.8) is 0 Å². The molecule has 9 heteroatoms. The highest BCUT2D eigenvalue weighted by Crippen LogP contribution is 2.40. The first-order valence-corrected chi connectivity index (χ1v) is 21.4. The van der Waals surface area contributed by atoms with Crippen molar-refractivity contribution in [2.24, 2.45) is 11.2 Å². The summed E-state index contributed by atoms with van der Waals surface area (Å²) in [5.74, 6) is -0.331. The molecule has 6 N–H and O–H groups in total. The molecule has 7 nitrogen and oxygen atoms in total. The van der Waals surface area contributed by atoms with Crippen molar-refractivity contribution < 1.29 is 23.1 Å². The van der Waals surface area contributed by atoms with Crippen molar-refractivity contribution in [3.8, 4) is 0 Å². The number of ketones is 1. The summed E-state index contributed by atoms with van der Waals surface area (Å²) in [6, 6.07) is 49.1. The summed E-state index contributed by atoms with van der Waals surface area (Å²) in [7, 11) is -3.86. The Morgan fingerprint density at radius 1 is 0.768 bits per heavy atom. The van der Waals surface area contributed by atoms with Crippen molar-refractivity contribution in [3.05, 3.63) is 145 Å². The molecule has 298 valence electrons. The SMILES string of the molecule is CC(=O)C(C)CCCS(=O)(=O)O.CCCCC(C)(CC)c1c([NH2+]c2ccccc2)ccc2ccccc12.NCl.c1ccc(Nc2ccc3ccccc3c2)cc1. The van der Waals surface area contributed by atoms with E-state index in [-0.39, 0.29) is 22.9 Å². The molecule has 56 heavy (non-hydrogen) atoms. The molecule has 6 aromatic carbocycles. The van der Waals surface area contributed by atoms with Gasteiger partial charge in [0.2, 0.25) is 0 Å². The summed E-state index contributed by atoms with van der Waals surface area (Å²) in [6.07, 6.45) is 5.77. The number of anilines is 2. The maximum atomic E-state index is 10.7. The number of quaternary nitrogens is 1. The first-order valence-electron chi connectivity index (χ1n) is 19.3. The third-order valence-electron chi connectivity index (χ3n) is 10.1. The third kappa shape index (κ3) is 14.8. The zero-order valence-electron chi connectivity index (χ0n) is 33.4. The van der Waals surface area contributed by atoms with E-state index in [1.165, 1.54) is 64.7 Å². The molecule has 0 aliphatic heterocycles. The molecule has 0 aromatic heterocycles. The Hall–Kier alpha value is -4.57. The van der Waals surface area contributed by atoms with Crippen LogP contribution in [0.15, 0.2) is 140 Å². The lowest BCUT2D eigenvalue weighted by Crippen LogP contribution is -2.71. The predicted molar refractivity (Wildman–Crippen MR) is 238 cm³/mol. The van der Waals surface area contributed by atoms with Gasteiger partial charge in [0.15, 0.2) is 0 Å². The molecule has 0 amide bonds. The molecule has 0 radical (unpaired) electrons. The minimum Gasteiger partial charge on any atom is -0.356 e. The van der Waals surface area contributed by atoms with Gasteiger partial charge in [0.25, 0.3) is 10.1 Å². The van der Waals surface area contributed by atoms with Gasteiger partial charge in [-0.05, 0) is 114 Å². The molecule has 0 saturated heterocycles. The summed E-state index contributed by atoms with van der Waals surface area (Å²) >= 11 is 4.14. The zero-order chi connectivity index (χ0) is 41.0. The van der Waals surface area contributed by atoms with Crippen molar-refractivity contribution >= 4 is 72.0 Å². The van der Waals surface area contributed by atoms with E-state index in [4.69, 9.17) is 4.55 Å². The van der Waals surface area contributed by atoms with Crippen molar-refractivity contribution in [2.75, 3.05) is 11.1 Å². The van der Waals surface area contributed by atoms with Gasteiger partial charge in [-0.2, -0.15) is 8.42 Å². The predicted octanol–water partition coefficient (Wildman–Crippen LogP) is 11.8. The molecule has 0 spiro atoms. The molecule has 6 aromatic rings.